The van der Waals surface area contributed by atoms with Crippen LogP contribution in [0.5, 0.6) is 11.5 Å². The maximum absolute atomic E-state index is 12.4. The van der Waals surface area contributed by atoms with Crippen LogP contribution in [0.1, 0.15) is 25.7 Å². The SMILES string of the molecule is O=C1CCC(S(=O)c2ccc3c(c2)OCCCO3)C1. The van der Waals surface area contributed by atoms with Crippen molar-refractivity contribution in [3.05, 3.63) is 18.2 Å². The van der Waals surface area contributed by atoms with Gasteiger partial charge in [-0.15, -0.1) is 0 Å². The van der Waals surface area contributed by atoms with E-state index in [0.717, 1.165) is 17.7 Å². The van der Waals surface area contributed by atoms with Crippen molar-refractivity contribution in [2.45, 2.75) is 35.8 Å². The third-order valence-electron chi connectivity index (χ3n) is 3.45. The summed E-state index contributed by atoms with van der Waals surface area (Å²) in [6, 6.07) is 5.41. The summed E-state index contributed by atoms with van der Waals surface area (Å²) in [6.07, 6.45) is 2.56. The molecule has 1 aromatic rings. The van der Waals surface area contributed by atoms with Crippen LogP contribution < -0.4 is 9.47 Å². The zero-order valence-electron chi connectivity index (χ0n) is 10.6. The fraction of sp³-hybridized carbons (Fsp3) is 0.500. The van der Waals surface area contributed by atoms with Gasteiger partial charge < -0.3 is 9.47 Å². The second-order valence-electron chi connectivity index (χ2n) is 4.86. The Morgan fingerprint density at radius 1 is 1.16 bits per heavy atom. The molecule has 0 radical (unpaired) electrons. The van der Waals surface area contributed by atoms with Crippen molar-refractivity contribution in [2.75, 3.05) is 13.2 Å². The van der Waals surface area contributed by atoms with Crippen LogP contribution in [0.25, 0.3) is 0 Å². The fourth-order valence-electron chi connectivity index (χ4n) is 2.42. The highest BCUT2D eigenvalue weighted by molar-refractivity contribution is 7.85. The van der Waals surface area contributed by atoms with Gasteiger partial charge in [0.15, 0.2) is 11.5 Å². The number of carbonyl (C=O) groups excluding carboxylic acids is 1. The van der Waals surface area contributed by atoms with E-state index >= 15 is 0 Å². The molecule has 1 heterocycles. The van der Waals surface area contributed by atoms with E-state index in [1.165, 1.54) is 0 Å². The van der Waals surface area contributed by atoms with E-state index in [2.05, 4.69) is 0 Å². The molecule has 1 fully saturated rings. The summed E-state index contributed by atoms with van der Waals surface area (Å²) >= 11 is 0. The Hall–Kier alpha value is -1.36. The quantitative estimate of drug-likeness (QED) is 0.832. The molecule has 0 amide bonds. The molecular weight excluding hydrogens is 264 g/mol. The predicted octanol–water partition coefficient (Wildman–Crippen LogP) is 2.08. The lowest BCUT2D eigenvalue weighted by molar-refractivity contribution is -0.117. The summed E-state index contributed by atoms with van der Waals surface area (Å²) in [4.78, 5) is 12.0. The Balaban J connectivity index is 1.83. The first-order valence-electron chi connectivity index (χ1n) is 6.56. The van der Waals surface area contributed by atoms with Crippen LogP contribution >= 0.6 is 0 Å². The largest absolute Gasteiger partial charge is 0.490 e. The van der Waals surface area contributed by atoms with Gasteiger partial charge in [-0.3, -0.25) is 9.00 Å². The molecule has 4 nitrogen and oxygen atoms in total. The molecule has 0 aromatic heterocycles. The van der Waals surface area contributed by atoms with Gasteiger partial charge in [0.25, 0.3) is 0 Å². The molecule has 3 rings (SSSR count). The molecule has 2 unspecified atom stereocenters. The molecule has 0 saturated heterocycles. The van der Waals surface area contributed by atoms with E-state index < -0.39 is 10.8 Å². The number of rotatable bonds is 2. The summed E-state index contributed by atoms with van der Waals surface area (Å²) in [5, 5.41) is -0.0442. The first-order valence-corrected chi connectivity index (χ1v) is 7.77. The van der Waals surface area contributed by atoms with Gasteiger partial charge in [0.1, 0.15) is 5.78 Å². The van der Waals surface area contributed by atoms with Gasteiger partial charge in [-0.1, -0.05) is 0 Å². The molecule has 0 N–H and O–H groups in total. The van der Waals surface area contributed by atoms with Crippen LogP contribution in [-0.2, 0) is 15.6 Å². The van der Waals surface area contributed by atoms with E-state index in [1.807, 2.05) is 12.1 Å². The van der Waals surface area contributed by atoms with Crippen LogP contribution in [0, 0.1) is 0 Å². The van der Waals surface area contributed by atoms with Crippen LogP contribution in [-0.4, -0.2) is 28.5 Å². The average Bonchev–Trinajstić information content (AvgIpc) is 2.72. The highest BCUT2D eigenvalue weighted by atomic mass is 32.2. The number of hydrogen-bond acceptors (Lipinski definition) is 4. The monoisotopic (exact) mass is 280 g/mol. The number of fused-ring (bicyclic) bond motifs is 1. The lowest BCUT2D eigenvalue weighted by Crippen LogP contribution is -2.11. The molecule has 19 heavy (non-hydrogen) atoms. The molecule has 2 atom stereocenters. The van der Waals surface area contributed by atoms with E-state index in [-0.39, 0.29) is 11.0 Å². The van der Waals surface area contributed by atoms with E-state index in [0.29, 0.717) is 37.6 Å². The van der Waals surface area contributed by atoms with Gasteiger partial charge in [-0.2, -0.15) is 0 Å². The van der Waals surface area contributed by atoms with Crippen molar-refractivity contribution in [1.29, 1.82) is 0 Å². The van der Waals surface area contributed by atoms with Gasteiger partial charge in [0.2, 0.25) is 0 Å². The minimum atomic E-state index is -1.14. The van der Waals surface area contributed by atoms with Gasteiger partial charge in [0, 0.05) is 35.5 Å². The zero-order valence-corrected chi connectivity index (χ0v) is 11.4. The predicted molar refractivity (Wildman–Crippen MR) is 71.1 cm³/mol. The molecule has 0 bridgehead atoms. The third kappa shape index (κ3) is 2.66. The minimum absolute atomic E-state index is 0.0442. The van der Waals surface area contributed by atoms with Crippen molar-refractivity contribution >= 4 is 16.6 Å². The third-order valence-corrected chi connectivity index (χ3v) is 5.18. The van der Waals surface area contributed by atoms with Gasteiger partial charge in [-0.25, -0.2) is 0 Å². The second-order valence-corrected chi connectivity index (χ2v) is 6.59. The minimum Gasteiger partial charge on any atom is -0.490 e. The molecule has 5 heteroatoms. The molecule has 1 aromatic carbocycles. The van der Waals surface area contributed by atoms with Crippen LogP contribution in [0.4, 0.5) is 0 Å². The molecule has 2 aliphatic rings. The Kier molecular flexibility index (Phi) is 3.55. The summed E-state index contributed by atoms with van der Waals surface area (Å²) in [7, 11) is -1.14. The number of ether oxygens (including phenoxy) is 2. The van der Waals surface area contributed by atoms with E-state index in [9.17, 15) is 9.00 Å². The summed E-state index contributed by atoms with van der Waals surface area (Å²) < 4.78 is 23.6. The molecule has 0 spiro atoms. The normalized spacial score (nSPS) is 24.0. The number of hydrogen-bond donors (Lipinski definition) is 0. The van der Waals surface area contributed by atoms with Crippen molar-refractivity contribution in [2.24, 2.45) is 0 Å². The van der Waals surface area contributed by atoms with Crippen LogP contribution in [0.15, 0.2) is 23.1 Å². The summed E-state index contributed by atoms with van der Waals surface area (Å²) in [6.45, 7) is 1.26. The van der Waals surface area contributed by atoms with Gasteiger partial charge >= 0.3 is 0 Å². The summed E-state index contributed by atoms with van der Waals surface area (Å²) in [5.74, 6) is 1.58. The van der Waals surface area contributed by atoms with Crippen molar-refractivity contribution < 1.29 is 18.5 Å². The number of Topliss-reactive ketones (excluding diaryl/α,β-unsaturated/α-hetero) is 1. The van der Waals surface area contributed by atoms with Crippen molar-refractivity contribution in [3.8, 4) is 11.5 Å². The Labute approximate surface area is 114 Å². The topological polar surface area (TPSA) is 52.6 Å². The van der Waals surface area contributed by atoms with Crippen molar-refractivity contribution in [3.63, 3.8) is 0 Å². The summed E-state index contributed by atoms with van der Waals surface area (Å²) in [5.41, 5.74) is 0. The van der Waals surface area contributed by atoms with Gasteiger partial charge in [-0.05, 0) is 18.6 Å². The molecule has 1 saturated carbocycles. The maximum atomic E-state index is 12.4. The van der Waals surface area contributed by atoms with Crippen LogP contribution in [0.3, 0.4) is 0 Å². The fourth-order valence-corrected chi connectivity index (χ4v) is 3.90. The molecular formula is C14H16O4S. The number of carbonyl (C=O) groups is 1. The average molecular weight is 280 g/mol. The van der Waals surface area contributed by atoms with Crippen LogP contribution in [0.2, 0.25) is 0 Å². The lowest BCUT2D eigenvalue weighted by atomic mass is 10.3. The highest BCUT2D eigenvalue weighted by Gasteiger charge is 2.28. The zero-order chi connectivity index (χ0) is 13.2. The molecule has 1 aliphatic heterocycles. The standard InChI is InChI=1S/C14H16O4S/c15-10-2-3-11(8-10)19(16)12-4-5-13-14(9-12)18-7-1-6-17-13/h4-5,9,11H,1-3,6-8H2. The molecule has 102 valence electrons. The van der Waals surface area contributed by atoms with E-state index in [1.54, 1.807) is 6.07 Å². The maximum Gasteiger partial charge on any atom is 0.162 e. The highest BCUT2D eigenvalue weighted by Crippen LogP contribution is 2.33. The Morgan fingerprint density at radius 3 is 2.68 bits per heavy atom. The van der Waals surface area contributed by atoms with Gasteiger partial charge in [0.05, 0.1) is 24.0 Å². The molecule has 1 aliphatic carbocycles. The Bertz CT molecular complexity index is 526. The number of benzene rings is 1. The second kappa shape index (κ2) is 5.33. The number of ketones is 1. The first kappa shape index (κ1) is 12.7. The smallest absolute Gasteiger partial charge is 0.162 e. The van der Waals surface area contributed by atoms with Crippen molar-refractivity contribution in [1.82, 2.24) is 0 Å². The first-order chi connectivity index (χ1) is 9.24. The van der Waals surface area contributed by atoms with E-state index in [4.69, 9.17) is 9.47 Å². The lowest BCUT2D eigenvalue weighted by Gasteiger charge is -2.12. The Morgan fingerprint density at radius 2 is 1.95 bits per heavy atom.